The third kappa shape index (κ3) is 3.98. The van der Waals surface area contributed by atoms with Crippen molar-refractivity contribution >= 4 is 11.7 Å². The van der Waals surface area contributed by atoms with E-state index < -0.39 is 6.03 Å². The molecule has 1 aromatic heterocycles. The van der Waals surface area contributed by atoms with E-state index in [1.165, 1.54) is 12.8 Å². The molecule has 1 heterocycles. The van der Waals surface area contributed by atoms with Gasteiger partial charge >= 0.3 is 6.03 Å². The van der Waals surface area contributed by atoms with Gasteiger partial charge in [-0.15, -0.1) is 0 Å². The molecule has 3 N–H and O–H groups in total. The number of hydrogen-bond donors (Lipinski definition) is 2. The van der Waals surface area contributed by atoms with Gasteiger partial charge in [0, 0.05) is 11.3 Å². The van der Waals surface area contributed by atoms with Crippen LogP contribution in [0.25, 0.3) is 22.8 Å². The van der Waals surface area contributed by atoms with E-state index in [0.717, 1.165) is 29.7 Å². The minimum Gasteiger partial charge on any atom is -0.490 e. The lowest BCUT2D eigenvalue weighted by Crippen LogP contribution is -2.19. The number of nitrogens with one attached hydrogen (secondary N) is 1. The van der Waals surface area contributed by atoms with E-state index in [2.05, 4.69) is 15.5 Å². The minimum atomic E-state index is -0.628. The molecule has 0 saturated heterocycles. The van der Waals surface area contributed by atoms with E-state index >= 15 is 0 Å². The summed E-state index contributed by atoms with van der Waals surface area (Å²) in [5, 5.41) is 6.68. The summed E-state index contributed by atoms with van der Waals surface area (Å²) in [7, 11) is 0. The summed E-state index contributed by atoms with van der Waals surface area (Å²) in [6, 6.07) is 12.4. The van der Waals surface area contributed by atoms with Crippen molar-refractivity contribution in [2.75, 3.05) is 5.32 Å². The molecule has 7 heteroatoms. The summed E-state index contributed by atoms with van der Waals surface area (Å²) >= 11 is 0. The van der Waals surface area contributed by atoms with Gasteiger partial charge in [-0.2, -0.15) is 4.98 Å². The first kappa shape index (κ1) is 18.0. The Morgan fingerprint density at radius 1 is 1.21 bits per heavy atom. The van der Waals surface area contributed by atoms with Crippen molar-refractivity contribution in [3.8, 4) is 28.6 Å². The highest BCUT2D eigenvalue weighted by Crippen LogP contribution is 2.34. The Labute approximate surface area is 162 Å². The summed E-state index contributed by atoms with van der Waals surface area (Å²) in [6.07, 6.45) is 4.79. The standard InChI is InChI=1S/C21H22N4O3/c1-13-9-10-17(18(11-13)27-16-7-2-3-8-16)19-24-20(28-25-19)14-5-4-6-15(12-14)23-21(22)26/h4-6,9-12,16H,2-3,7-8H2,1H3,(H3,22,23,26). The first-order valence-electron chi connectivity index (χ1n) is 9.37. The fourth-order valence-corrected chi connectivity index (χ4v) is 3.42. The second-order valence-electron chi connectivity index (χ2n) is 7.02. The quantitative estimate of drug-likeness (QED) is 0.679. The Balaban J connectivity index is 1.63. The number of primary amides is 1. The Morgan fingerprint density at radius 2 is 2.04 bits per heavy atom. The molecule has 144 valence electrons. The van der Waals surface area contributed by atoms with Crippen LogP contribution in [0.3, 0.4) is 0 Å². The predicted octanol–water partition coefficient (Wildman–Crippen LogP) is 4.52. The maximum absolute atomic E-state index is 11.1. The number of rotatable bonds is 5. The summed E-state index contributed by atoms with van der Waals surface area (Å²) in [5.74, 6) is 1.61. The number of nitrogens with two attached hydrogens (primary N) is 1. The molecule has 28 heavy (non-hydrogen) atoms. The number of carbonyl (C=O) groups is 1. The van der Waals surface area contributed by atoms with Crippen molar-refractivity contribution in [3.05, 3.63) is 48.0 Å². The van der Waals surface area contributed by atoms with Crippen LogP contribution in [-0.4, -0.2) is 22.3 Å². The van der Waals surface area contributed by atoms with Crippen LogP contribution in [0.2, 0.25) is 0 Å². The van der Waals surface area contributed by atoms with Crippen LogP contribution in [0, 0.1) is 6.92 Å². The highest BCUT2D eigenvalue weighted by Gasteiger charge is 2.21. The summed E-state index contributed by atoms with van der Waals surface area (Å²) in [5.41, 5.74) is 8.35. The van der Waals surface area contributed by atoms with Crippen LogP contribution in [0.5, 0.6) is 5.75 Å². The zero-order valence-corrected chi connectivity index (χ0v) is 15.6. The number of ether oxygens (including phenoxy) is 1. The fraction of sp³-hybridized carbons (Fsp3) is 0.286. The minimum absolute atomic E-state index is 0.239. The highest BCUT2D eigenvalue weighted by atomic mass is 16.5. The maximum Gasteiger partial charge on any atom is 0.316 e. The third-order valence-electron chi connectivity index (χ3n) is 4.78. The van der Waals surface area contributed by atoms with Gasteiger partial charge in [0.25, 0.3) is 5.89 Å². The fourth-order valence-electron chi connectivity index (χ4n) is 3.42. The summed E-state index contributed by atoms with van der Waals surface area (Å²) < 4.78 is 11.7. The smallest absolute Gasteiger partial charge is 0.316 e. The molecule has 1 saturated carbocycles. The molecule has 0 unspecified atom stereocenters. The van der Waals surface area contributed by atoms with E-state index in [0.29, 0.717) is 23.0 Å². The summed E-state index contributed by atoms with van der Waals surface area (Å²) in [6.45, 7) is 2.03. The van der Waals surface area contributed by atoms with Crippen molar-refractivity contribution < 1.29 is 14.1 Å². The van der Waals surface area contributed by atoms with Crippen LogP contribution >= 0.6 is 0 Å². The number of aromatic nitrogens is 2. The molecule has 0 spiro atoms. The van der Waals surface area contributed by atoms with Gasteiger partial charge in [-0.25, -0.2) is 4.79 Å². The van der Waals surface area contributed by atoms with Crippen LogP contribution in [0.15, 0.2) is 47.0 Å². The number of carbonyl (C=O) groups excluding carboxylic acids is 1. The number of amides is 2. The van der Waals surface area contributed by atoms with E-state index in [-0.39, 0.29) is 6.10 Å². The van der Waals surface area contributed by atoms with Crippen molar-refractivity contribution in [2.24, 2.45) is 5.73 Å². The van der Waals surface area contributed by atoms with Crippen LogP contribution in [-0.2, 0) is 0 Å². The molecule has 2 aromatic carbocycles. The lowest BCUT2D eigenvalue weighted by molar-refractivity contribution is 0.210. The van der Waals surface area contributed by atoms with Gasteiger partial charge in [0.05, 0.1) is 11.7 Å². The molecule has 2 amide bonds. The largest absolute Gasteiger partial charge is 0.490 e. The molecule has 0 bridgehead atoms. The van der Waals surface area contributed by atoms with Crippen molar-refractivity contribution in [3.63, 3.8) is 0 Å². The first-order chi connectivity index (χ1) is 13.6. The number of anilines is 1. The normalized spacial score (nSPS) is 14.2. The zero-order valence-electron chi connectivity index (χ0n) is 15.6. The Kier molecular flexibility index (Phi) is 4.97. The molecule has 0 radical (unpaired) electrons. The predicted molar refractivity (Wildman–Crippen MR) is 106 cm³/mol. The Hall–Kier alpha value is -3.35. The molecule has 0 aliphatic heterocycles. The monoisotopic (exact) mass is 378 g/mol. The van der Waals surface area contributed by atoms with E-state index in [9.17, 15) is 4.79 Å². The average molecular weight is 378 g/mol. The number of nitrogens with zero attached hydrogens (tertiary/aromatic N) is 2. The molecule has 3 aromatic rings. The Morgan fingerprint density at radius 3 is 2.82 bits per heavy atom. The molecular formula is C21H22N4O3. The number of hydrogen-bond acceptors (Lipinski definition) is 5. The van der Waals surface area contributed by atoms with E-state index in [1.54, 1.807) is 18.2 Å². The second kappa shape index (κ2) is 7.72. The lowest BCUT2D eigenvalue weighted by Gasteiger charge is -2.15. The van der Waals surface area contributed by atoms with Gasteiger partial charge in [0.15, 0.2) is 0 Å². The molecule has 1 fully saturated rings. The number of urea groups is 1. The number of benzene rings is 2. The van der Waals surface area contributed by atoms with E-state index in [4.69, 9.17) is 15.0 Å². The second-order valence-corrected chi connectivity index (χ2v) is 7.02. The molecule has 1 aliphatic rings. The molecule has 1 aliphatic carbocycles. The van der Waals surface area contributed by atoms with Gasteiger partial charge in [-0.3, -0.25) is 0 Å². The highest BCUT2D eigenvalue weighted by molar-refractivity contribution is 5.88. The topological polar surface area (TPSA) is 103 Å². The van der Waals surface area contributed by atoms with Gasteiger partial charge in [-0.05, 0) is 68.5 Å². The van der Waals surface area contributed by atoms with Crippen molar-refractivity contribution in [1.82, 2.24) is 10.1 Å². The number of aryl methyl sites for hydroxylation is 1. The maximum atomic E-state index is 11.1. The first-order valence-corrected chi connectivity index (χ1v) is 9.37. The Bertz CT molecular complexity index is 993. The van der Waals surface area contributed by atoms with Gasteiger partial charge in [0.2, 0.25) is 5.82 Å². The molecular weight excluding hydrogens is 356 g/mol. The van der Waals surface area contributed by atoms with Crippen LogP contribution in [0.4, 0.5) is 10.5 Å². The van der Waals surface area contributed by atoms with Gasteiger partial charge < -0.3 is 20.3 Å². The molecule has 4 rings (SSSR count). The summed E-state index contributed by atoms with van der Waals surface area (Å²) in [4.78, 5) is 15.6. The average Bonchev–Trinajstić information content (AvgIpc) is 3.34. The van der Waals surface area contributed by atoms with Crippen molar-refractivity contribution in [1.29, 1.82) is 0 Å². The molecule has 0 atom stereocenters. The lowest BCUT2D eigenvalue weighted by atomic mass is 10.1. The zero-order chi connectivity index (χ0) is 19.5. The van der Waals surface area contributed by atoms with Crippen LogP contribution in [0.1, 0.15) is 31.2 Å². The van der Waals surface area contributed by atoms with E-state index in [1.807, 2.05) is 31.2 Å². The molecule has 7 nitrogen and oxygen atoms in total. The van der Waals surface area contributed by atoms with Gasteiger partial charge in [-0.1, -0.05) is 17.3 Å². The SMILES string of the molecule is Cc1ccc(-c2noc(-c3cccc(NC(N)=O)c3)n2)c(OC2CCCC2)c1. The van der Waals surface area contributed by atoms with Gasteiger partial charge in [0.1, 0.15) is 5.75 Å². The van der Waals surface area contributed by atoms with Crippen LogP contribution < -0.4 is 15.8 Å². The third-order valence-corrected chi connectivity index (χ3v) is 4.78. The van der Waals surface area contributed by atoms with Crippen molar-refractivity contribution in [2.45, 2.75) is 38.7 Å².